The number of hydrogen-bond acceptors (Lipinski definition) is 4. The molecule has 20 heavy (non-hydrogen) atoms. The van der Waals surface area contributed by atoms with Crippen molar-refractivity contribution in [2.45, 2.75) is 38.1 Å². The van der Waals surface area contributed by atoms with Crippen LogP contribution in [0.15, 0.2) is 24.5 Å². The summed E-state index contributed by atoms with van der Waals surface area (Å²) in [4.78, 5) is 3.93. The molecule has 1 aromatic heterocycles. The molecule has 1 aromatic rings. The number of pyridine rings is 1. The Bertz CT molecular complexity index is 486. The zero-order valence-electron chi connectivity index (χ0n) is 11.7. The first-order valence-electron chi connectivity index (χ1n) is 7.25. The first-order chi connectivity index (χ1) is 9.66. The van der Waals surface area contributed by atoms with Crippen molar-refractivity contribution in [2.75, 3.05) is 18.8 Å². The number of hydrogen-bond donors (Lipinski definition) is 2. The van der Waals surface area contributed by atoms with Crippen LogP contribution in [0.4, 0.5) is 0 Å². The molecule has 0 bridgehead atoms. The quantitative estimate of drug-likeness (QED) is 0.634. The Morgan fingerprint density at radius 1 is 1.15 bits per heavy atom. The molecule has 0 amide bonds. The van der Waals surface area contributed by atoms with E-state index >= 15 is 0 Å². The third-order valence-electron chi connectivity index (χ3n) is 3.34. The molecule has 0 atom stereocenters. The molecule has 0 radical (unpaired) electrons. The van der Waals surface area contributed by atoms with Gasteiger partial charge in [0.2, 0.25) is 10.0 Å². The summed E-state index contributed by atoms with van der Waals surface area (Å²) >= 11 is 0. The summed E-state index contributed by atoms with van der Waals surface area (Å²) in [5, 5.41) is 3.39. The van der Waals surface area contributed by atoms with Crippen molar-refractivity contribution >= 4 is 10.0 Å². The molecule has 1 heterocycles. The predicted octanol–water partition coefficient (Wildman–Crippen LogP) is 1.08. The van der Waals surface area contributed by atoms with E-state index in [0.29, 0.717) is 25.4 Å². The Labute approximate surface area is 121 Å². The van der Waals surface area contributed by atoms with Crippen LogP contribution in [0.2, 0.25) is 0 Å². The molecule has 1 aliphatic carbocycles. The van der Waals surface area contributed by atoms with Crippen LogP contribution in [0.3, 0.4) is 0 Å². The molecule has 0 unspecified atom stereocenters. The molecule has 6 heteroatoms. The van der Waals surface area contributed by atoms with Crippen LogP contribution in [0, 0.1) is 0 Å². The zero-order chi connectivity index (χ0) is 14.3. The summed E-state index contributed by atoms with van der Waals surface area (Å²) < 4.78 is 26.2. The van der Waals surface area contributed by atoms with Crippen LogP contribution in [0.1, 0.15) is 31.2 Å². The lowest BCUT2D eigenvalue weighted by Gasteiger charge is -2.07. The number of nitrogens with one attached hydrogen (secondary N) is 2. The molecule has 1 aliphatic rings. The van der Waals surface area contributed by atoms with E-state index in [2.05, 4.69) is 15.0 Å². The monoisotopic (exact) mass is 297 g/mol. The van der Waals surface area contributed by atoms with Crippen LogP contribution in [0.5, 0.6) is 0 Å². The van der Waals surface area contributed by atoms with Gasteiger partial charge in [-0.2, -0.15) is 0 Å². The summed E-state index contributed by atoms with van der Waals surface area (Å²) in [6, 6.07) is 4.50. The summed E-state index contributed by atoms with van der Waals surface area (Å²) in [5.41, 5.74) is 1.09. The molecule has 0 saturated heterocycles. The van der Waals surface area contributed by atoms with Crippen LogP contribution in [0.25, 0.3) is 0 Å². The second kappa shape index (κ2) is 7.71. The number of rotatable bonds is 10. The van der Waals surface area contributed by atoms with E-state index in [0.717, 1.165) is 18.5 Å². The van der Waals surface area contributed by atoms with Crippen LogP contribution < -0.4 is 10.0 Å². The summed E-state index contributed by atoms with van der Waals surface area (Å²) in [6.45, 7) is 1.38. The van der Waals surface area contributed by atoms with E-state index in [1.807, 2.05) is 12.1 Å². The van der Waals surface area contributed by atoms with Crippen molar-refractivity contribution in [3.63, 3.8) is 0 Å². The van der Waals surface area contributed by atoms with Crippen molar-refractivity contribution in [1.29, 1.82) is 0 Å². The Balaban J connectivity index is 1.55. The van der Waals surface area contributed by atoms with Gasteiger partial charge < -0.3 is 5.32 Å². The molecule has 1 saturated carbocycles. The molecule has 0 aliphatic heterocycles. The van der Waals surface area contributed by atoms with Gasteiger partial charge in [-0.1, -0.05) is 0 Å². The van der Waals surface area contributed by atoms with Crippen LogP contribution in [-0.2, 0) is 16.4 Å². The van der Waals surface area contributed by atoms with Gasteiger partial charge in [-0.15, -0.1) is 0 Å². The average molecular weight is 297 g/mol. The lowest BCUT2D eigenvalue weighted by Crippen LogP contribution is -2.29. The van der Waals surface area contributed by atoms with Gasteiger partial charge in [0.1, 0.15) is 0 Å². The fraction of sp³-hybridized carbons (Fsp3) is 0.643. The second-order valence-electron chi connectivity index (χ2n) is 5.25. The van der Waals surface area contributed by atoms with Gasteiger partial charge in [0, 0.05) is 25.0 Å². The minimum Gasteiger partial charge on any atom is -0.314 e. The Morgan fingerprint density at radius 3 is 2.60 bits per heavy atom. The van der Waals surface area contributed by atoms with Crippen LogP contribution in [-0.4, -0.2) is 38.3 Å². The third kappa shape index (κ3) is 6.45. The van der Waals surface area contributed by atoms with Crippen LogP contribution >= 0.6 is 0 Å². The van der Waals surface area contributed by atoms with Gasteiger partial charge in [0.15, 0.2) is 0 Å². The molecule has 5 nitrogen and oxygen atoms in total. The fourth-order valence-corrected chi connectivity index (χ4v) is 3.12. The van der Waals surface area contributed by atoms with E-state index in [1.54, 1.807) is 12.4 Å². The number of aromatic nitrogens is 1. The minimum absolute atomic E-state index is 0.218. The van der Waals surface area contributed by atoms with Gasteiger partial charge >= 0.3 is 0 Å². The molecule has 0 aromatic carbocycles. The highest BCUT2D eigenvalue weighted by atomic mass is 32.2. The van der Waals surface area contributed by atoms with Gasteiger partial charge in [-0.05, 0) is 56.3 Å². The van der Waals surface area contributed by atoms with E-state index < -0.39 is 10.0 Å². The van der Waals surface area contributed by atoms with Crippen molar-refractivity contribution in [2.24, 2.45) is 0 Å². The van der Waals surface area contributed by atoms with Crippen molar-refractivity contribution < 1.29 is 8.42 Å². The summed E-state index contributed by atoms with van der Waals surface area (Å²) in [6.07, 6.45) is 8.31. The smallest absolute Gasteiger partial charge is 0.211 e. The van der Waals surface area contributed by atoms with Crippen molar-refractivity contribution in [1.82, 2.24) is 15.0 Å². The van der Waals surface area contributed by atoms with E-state index in [-0.39, 0.29) is 5.75 Å². The van der Waals surface area contributed by atoms with Gasteiger partial charge in [-0.25, -0.2) is 13.1 Å². The predicted molar refractivity (Wildman–Crippen MR) is 80.0 cm³/mol. The average Bonchev–Trinajstić information content (AvgIpc) is 3.23. The minimum atomic E-state index is -3.13. The molecule has 0 spiro atoms. The van der Waals surface area contributed by atoms with Crippen molar-refractivity contribution in [3.05, 3.63) is 30.1 Å². The topological polar surface area (TPSA) is 71.1 Å². The van der Waals surface area contributed by atoms with E-state index in [9.17, 15) is 8.42 Å². The standard InChI is InChI=1S/C14H23N3O2S/c18-20(19,12-2-1-8-16-14-3-4-14)17-11-7-13-5-9-15-10-6-13/h5-6,9-10,14,16-17H,1-4,7-8,11-12H2. The first kappa shape index (κ1) is 15.4. The normalized spacial score (nSPS) is 15.4. The van der Waals surface area contributed by atoms with Crippen molar-refractivity contribution in [3.8, 4) is 0 Å². The van der Waals surface area contributed by atoms with Gasteiger partial charge in [0.05, 0.1) is 5.75 Å². The Kier molecular flexibility index (Phi) is 5.94. The fourth-order valence-electron chi connectivity index (χ4n) is 1.98. The highest BCUT2D eigenvalue weighted by molar-refractivity contribution is 7.89. The number of unbranched alkanes of at least 4 members (excludes halogenated alkanes) is 1. The maximum atomic E-state index is 11.8. The molecule has 112 valence electrons. The molecule has 1 fully saturated rings. The maximum Gasteiger partial charge on any atom is 0.211 e. The van der Waals surface area contributed by atoms with Gasteiger partial charge in [0.25, 0.3) is 0 Å². The molecule has 2 N–H and O–H groups in total. The zero-order valence-corrected chi connectivity index (χ0v) is 12.5. The van der Waals surface area contributed by atoms with E-state index in [4.69, 9.17) is 0 Å². The molecule has 2 rings (SSSR count). The Hall–Kier alpha value is -0.980. The molecular weight excluding hydrogens is 274 g/mol. The summed E-state index contributed by atoms with van der Waals surface area (Å²) in [5.74, 6) is 0.218. The SMILES string of the molecule is O=S(=O)(CCCCNC1CC1)NCCc1ccncc1. The second-order valence-corrected chi connectivity index (χ2v) is 7.18. The Morgan fingerprint density at radius 2 is 1.90 bits per heavy atom. The summed E-state index contributed by atoms with van der Waals surface area (Å²) in [7, 11) is -3.13. The van der Waals surface area contributed by atoms with E-state index in [1.165, 1.54) is 12.8 Å². The first-order valence-corrected chi connectivity index (χ1v) is 8.90. The number of sulfonamides is 1. The van der Waals surface area contributed by atoms with Gasteiger partial charge in [-0.3, -0.25) is 4.98 Å². The lowest BCUT2D eigenvalue weighted by atomic mass is 10.2. The highest BCUT2D eigenvalue weighted by Crippen LogP contribution is 2.18. The lowest BCUT2D eigenvalue weighted by molar-refractivity contribution is 0.573. The number of nitrogens with zero attached hydrogens (tertiary/aromatic N) is 1. The third-order valence-corrected chi connectivity index (χ3v) is 4.81. The highest BCUT2D eigenvalue weighted by Gasteiger charge is 2.19. The molecular formula is C14H23N3O2S. The maximum absolute atomic E-state index is 11.8. The largest absolute Gasteiger partial charge is 0.314 e.